The van der Waals surface area contributed by atoms with Gasteiger partial charge in [-0.3, -0.25) is 0 Å². The summed E-state index contributed by atoms with van der Waals surface area (Å²) in [6, 6.07) is 11.5. The second-order valence-corrected chi connectivity index (χ2v) is 4.42. The summed E-state index contributed by atoms with van der Waals surface area (Å²) in [6.07, 6.45) is 0. The summed E-state index contributed by atoms with van der Waals surface area (Å²) >= 11 is 6.02. The smallest absolute Gasteiger partial charge is 0.153 e. The van der Waals surface area contributed by atoms with E-state index in [1.54, 1.807) is 18.2 Å². The van der Waals surface area contributed by atoms with Crippen LogP contribution in [0.4, 0.5) is 10.1 Å². The lowest BCUT2D eigenvalue weighted by Gasteiger charge is -2.00. The van der Waals surface area contributed by atoms with Crippen LogP contribution in [0.5, 0.6) is 0 Å². The van der Waals surface area contributed by atoms with E-state index < -0.39 is 0 Å². The van der Waals surface area contributed by atoms with Crippen molar-refractivity contribution in [3.05, 3.63) is 53.3 Å². The Morgan fingerprint density at radius 3 is 2.72 bits per heavy atom. The average molecular weight is 262 g/mol. The van der Waals surface area contributed by atoms with E-state index in [0.29, 0.717) is 27.6 Å². The molecule has 0 fully saturated rings. The fourth-order valence-electron chi connectivity index (χ4n) is 1.89. The van der Waals surface area contributed by atoms with E-state index in [4.69, 9.17) is 21.8 Å². The number of halogens is 2. The van der Waals surface area contributed by atoms with E-state index in [2.05, 4.69) is 0 Å². The van der Waals surface area contributed by atoms with Crippen molar-refractivity contribution in [2.75, 3.05) is 5.73 Å². The molecular weight excluding hydrogens is 253 g/mol. The van der Waals surface area contributed by atoms with Gasteiger partial charge in [0.1, 0.15) is 11.6 Å². The second kappa shape index (κ2) is 4.03. The zero-order chi connectivity index (χ0) is 12.7. The van der Waals surface area contributed by atoms with Crippen LogP contribution in [0.1, 0.15) is 0 Å². The highest BCUT2D eigenvalue weighted by Crippen LogP contribution is 2.33. The topological polar surface area (TPSA) is 39.2 Å². The van der Waals surface area contributed by atoms with E-state index in [1.165, 1.54) is 12.1 Å². The van der Waals surface area contributed by atoms with Gasteiger partial charge in [0.25, 0.3) is 0 Å². The normalized spacial score (nSPS) is 11.0. The van der Waals surface area contributed by atoms with E-state index in [0.717, 1.165) is 5.39 Å². The first-order chi connectivity index (χ1) is 8.65. The van der Waals surface area contributed by atoms with Crippen LogP contribution in [0.2, 0.25) is 5.02 Å². The highest BCUT2D eigenvalue weighted by atomic mass is 35.5. The van der Waals surface area contributed by atoms with Crippen LogP contribution in [0, 0.1) is 5.82 Å². The molecule has 2 N–H and O–H groups in total. The van der Waals surface area contributed by atoms with Crippen LogP contribution in [0.15, 0.2) is 46.9 Å². The molecule has 2 nitrogen and oxygen atoms in total. The molecule has 3 rings (SSSR count). The highest BCUT2D eigenvalue weighted by molar-refractivity contribution is 6.34. The molecule has 0 aliphatic carbocycles. The predicted octanol–water partition coefficient (Wildman–Crippen LogP) is 4.47. The summed E-state index contributed by atoms with van der Waals surface area (Å²) in [5.41, 5.74) is 7.03. The molecule has 0 radical (unpaired) electrons. The van der Waals surface area contributed by atoms with Crippen molar-refractivity contribution in [2.24, 2.45) is 0 Å². The van der Waals surface area contributed by atoms with Crippen molar-refractivity contribution in [3.63, 3.8) is 0 Å². The van der Waals surface area contributed by atoms with E-state index in [1.807, 2.05) is 12.1 Å². The molecular formula is C14H9ClFNO. The lowest BCUT2D eigenvalue weighted by Crippen LogP contribution is -1.88. The van der Waals surface area contributed by atoms with Crippen LogP contribution >= 0.6 is 11.6 Å². The van der Waals surface area contributed by atoms with E-state index in [-0.39, 0.29) is 5.82 Å². The van der Waals surface area contributed by atoms with Crippen molar-refractivity contribution in [1.29, 1.82) is 0 Å². The minimum Gasteiger partial charge on any atom is -0.454 e. The van der Waals surface area contributed by atoms with Crippen molar-refractivity contribution < 1.29 is 8.81 Å². The monoisotopic (exact) mass is 261 g/mol. The average Bonchev–Trinajstić information content (AvgIpc) is 2.77. The summed E-state index contributed by atoms with van der Waals surface area (Å²) < 4.78 is 19.3. The summed E-state index contributed by atoms with van der Waals surface area (Å²) in [5, 5.41) is 1.34. The molecule has 1 heterocycles. The zero-order valence-corrected chi connectivity index (χ0v) is 10.0. The third kappa shape index (κ3) is 1.73. The molecule has 1 aromatic heterocycles. The Balaban J connectivity index is 2.26. The van der Waals surface area contributed by atoms with Gasteiger partial charge in [-0.15, -0.1) is 0 Å². The number of nitrogens with two attached hydrogens (primary N) is 1. The molecule has 0 saturated carbocycles. The standard InChI is InChI=1S/C14H9ClFNO/c15-11-3-1-2-8-6-13(18-14(8)11)10-7-9(17)4-5-12(10)16/h1-7H,17H2. The summed E-state index contributed by atoms with van der Waals surface area (Å²) in [6.45, 7) is 0. The van der Waals surface area contributed by atoms with Gasteiger partial charge in [-0.25, -0.2) is 4.39 Å². The second-order valence-electron chi connectivity index (χ2n) is 4.01. The maximum absolute atomic E-state index is 13.7. The van der Waals surface area contributed by atoms with E-state index in [9.17, 15) is 4.39 Å². The molecule has 18 heavy (non-hydrogen) atoms. The number of para-hydroxylation sites is 1. The van der Waals surface area contributed by atoms with Crippen molar-refractivity contribution in [3.8, 4) is 11.3 Å². The molecule has 0 saturated heterocycles. The maximum atomic E-state index is 13.7. The van der Waals surface area contributed by atoms with Gasteiger partial charge in [0.2, 0.25) is 0 Å². The Morgan fingerprint density at radius 2 is 1.94 bits per heavy atom. The molecule has 2 aromatic carbocycles. The number of hydrogen-bond acceptors (Lipinski definition) is 2. The van der Waals surface area contributed by atoms with Gasteiger partial charge in [-0.05, 0) is 30.3 Å². The van der Waals surface area contributed by atoms with Gasteiger partial charge in [-0.2, -0.15) is 0 Å². The molecule has 4 heteroatoms. The zero-order valence-electron chi connectivity index (χ0n) is 9.28. The van der Waals surface area contributed by atoms with Gasteiger partial charge in [0.05, 0.1) is 10.6 Å². The Hall–Kier alpha value is -2.00. The fourth-order valence-corrected chi connectivity index (χ4v) is 2.11. The predicted molar refractivity (Wildman–Crippen MR) is 71.0 cm³/mol. The van der Waals surface area contributed by atoms with Crippen LogP contribution in [-0.4, -0.2) is 0 Å². The highest BCUT2D eigenvalue weighted by Gasteiger charge is 2.12. The number of hydrogen-bond donors (Lipinski definition) is 1. The number of fused-ring (bicyclic) bond motifs is 1. The van der Waals surface area contributed by atoms with Gasteiger partial charge in [0.15, 0.2) is 5.58 Å². The van der Waals surface area contributed by atoms with Crippen molar-refractivity contribution >= 4 is 28.3 Å². The summed E-state index contributed by atoms with van der Waals surface area (Å²) in [5.74, 6) is 0.0438. The number of nitrogen functional groups attached to an aromatic ring is 1. The molecule has 0 spiro atoms. The molecule has 0 unspecified atom stereocenters. The van der Waals surface area contributed by atoms with Crippen molar-refractivity contribution in [1.82, 2.24) is 0 Å². The lowest BCUT2D eigenvalue weighted by atomic mass is 10.1. The Kier molecular flexibility index (Phi) is 2.49. The molecule has 3 aromatic rings. The number of furan rings is 1. The fraction of sp³-hybridized carbons (Fsp3) is 0. The van der Waals surface area contributed by atoms with Gasteiger partial charge < -0.3 is 10.2 Å². The van der Waals surface area contributed by atoms with Crippen LogP contribution in [0.3, 0.4) is 0 Å². The maximum Gasteiger partial charge on any atom is 0.153 e. The third-order valence-electron chi connectivity index (χ3n) is 2.75. The first-order valence-corrected chi connectivity index (χ1v) is 5.76. The van der Waals surface area contributed by atoms with Gasteiger partial charge in [0, 0.05) is 11.1 Å². The molecule has 0 amide bonds. The largest absolute Gasteiger partial charge is 0.454 e. The minimum atomic E-state index is -0.376. The molecule has 0 bridgehead atoms. The molecule has 0 aliphatic heterocycles. The molecule has 0 atom stereocenters. The Bertz CT molecular complexity index is 736. The molecule has 90 valence electrons. The number of rotatable bonds is 1. The minimum absolute atomic E-state index is 0.335. The first-order valence-electron chi connectivity index (χ1n) is 5.38. The van der Waals surface area contributed by atoms with Crippen LogP contribution < -0.4 is 5.73 Å². The Labute approximate surface area is 108 Å². The molecule has 0 aliphatic rings. The first kappa shape index (κ1) is 11.1. The lowest BCUT2D eigenvalue weighted by molar-refractivity contribution is 0.602. The third-order valence-corrected chi connectivity index (χ3v) is 3.05. The summed E-state index contributed by atoms with van der Waals surface area (Å²) in [7, 11) is 0. The number of anilines is 1. The van der Waals surface area contributed by atoms with Gasteiger partial charge in [-0.1, -0.05) is 23.7 Å². The van der Waals surface area contributed by atoms with E-state index >= 15 is 0 Å². The SMILES string of the molecule is Nc1ccc(F)c(-c2cc3cccc(Cl)c3o2)c1. The van der Waals surface area contributed by atoms with Crippen LogP contribution in [-0.2, 0) is 0 Å². The Morgan fingerprint density at radius 1 is 1.11 bits per heavy atom. The van der Waals surface area contributed by atoms with Gasteiger partial charge >= 0.3 is 0 Å². The van der Waals surface area contributed by atoms with Crippen molar-refractivity contribution in [2.45, 2.75) is 0 Å². The summed E-state index contributed by atoms with van der Waals surface area (Å²) in [4.78, 5) is 0. The quantitative estimate of drug-likeness (QED) is 0.656. The van der Waals surface area contributed by atoms with Crippen LogP contribution in [0.25, 0.3) is 22.3 Å². The number of benzene rings is 2.